The van der Waals surface area contributed by atoms with E-state index >= 15 is 0 Å². The molecular formula is C15H26N2O. The minimum Gasteiger partial charge on any atom is -0.352 e. The molecule has 1 aliphatic rings. The molecule has 0 bridgehead atoms. The predicted molar refractivity (Wildman–Crippen MR) is 72.7 cm³/mol. The van der Waals surface area contributed by atoms with Crippen LogP contribution in [0.3, 0.4) is 0 Å². The van der Waals surface area contributed by atoms with E-state index in [1.54, 1.807) is 0 Å². The summed E-state index contributed by atoms with van der Waals surface area (Å²) in [6, 6.07) is 2.47. The molecule has 0 spiro atoms. The van der Waals surface area contributed by atoms with Gasteiger partial charge in [0.05, 0.1) is 6.07 Å². The zero-order valence-corrected chi connectivity index (χ0v) is 12.1. The highest BCUT2D eigenvalue weighted by Crippen LogP contribution is 2.35. The van der Waals surface area contributed by atoms with Gasteiger partial charge in [-0.1, -0.05) is 34.1 Å². The first-order valence-electron chi connectivity index (χ1n) is 7.26. The van der Waals surface area contributed by atoms with Gasteiger partial charge in [0.15, 0.2) is 0 Å². The van der Waals surface area contributed by atoms with E-state index in [9.17, 15) is 10.1 Å². The number of nitrogens with zero attached hydrogens (tertiary/aromatic N) is 1. The van der Waals surface area contributed by atoms with Gasteiger partial charge in [0.2, 0.25) is 5.91 Å². The van der Waals surface area contributed by atoms with E-state index in [-0.39, 0.29) is 11.9 Å². The summed E-state index contributed by atoms with van der Waals surface area (Å²) in [5, 5.41) is 12.4. The molecule has 3 unspecified atom stereocenters. The first kappa shape index (κ1) is 15.0. The fourth-order valence-electron chi connectivity index (χ4n) is 3.11. The lowest BCUT2D eigenvalue weighted by atomic mass is 9.82. The molecule has 3 nitrogen and oxygen atoms in total. The lowest BCUT2D eigenvalue weighted by Crippen LogP contribution is -2.46. The molecule has 0 heterocycles. The van der Waals surface area contributed by atoms with Crippen molar-refractivity contribution in [1.82, 2.24) is 5.32 Å². The van der Waals surface area contributed by atoms with Crippen LogP contribution in [0.2, 0.25) is 0 Å². The Morgan fingerprint density at radius 1 is 1.33 bits per heavy atom. The molecule has 1 aliphatic carbocycles. The molecule has 102 valence electrons. The topological polar surface area (TPSA) is 52.9 Å². The monoisotopic (exact) mass is 250 g/mol. The van der Waals surface area contributed by atoms with Crippen molar-refractivity contribution < 1.29 is 4.79 Å². The molecule has 1 N–H and O–H groups in total. The molecule has 0 aromatic carbocycles. The summed E-state index contributed by atoms with van der Waals surface area (Å²) in [5.74, 6) is 1.18. The van der Waals surface area contributed by atoms with Gasteiger partial charge >= 0.3 is 0 Å². The number of nitriles is 1. The van der Waals surface area contributed by atoms with E-state index in [1.807, 2.05) is 13.8 Å². The van der Waals surface area contributed by atoms with Crippen LogP contribution in [0, 0.1) is 28.6 Å². The second-order valence-corrected chi connectivity index (χ2v) is 5.59. The quantitative estimate of drug-likeness (QED) is 0.814. The molecular weight excluding hydrogens is 224 g/mol. The van der Waals surface area contributed by atoms with Crippen molar-refractivity contribution in [3.8, 4) is 6.07 Å². The number of hydrogen-bond acceptors (Lipinski definition) is 2. The third-order valence-electron chi connectivity index (χ3n) is 4.92. The van der Waals surface area contributed by atoms with Crippen LogP contribution in [0.4, 0.5) is 0 Å². The SMILES string of the molecule is CCC1CCC(NC(=O)C(C#N)(CC)CC)C1C. The van der Waals surface area contributed by atoms with Crippen molar-refractivity contribution in [1.29, 1.82) is 5.26 Å². The molecule has 0 saturated heterocycles. The zero-order valence-electron chi connectivity index (χ0n) is 12.1. The van der Waals surface area contributed by atoms with Crippen molar-refractivity contribution in [3.63, 3.8) is 0 Å². The van der Waals surface area contributed by atoms with E-state index in [4.69, 9.17) is 0 Å². The van der Waals surface area contributed by atoms with Crippen LogP contribution < -0.4 is 5.32 Å². The van der Waals surface area contributed by atoms with Crippen molar-refractivity contribution in [2.75, 3.05) is 0 Å². The van der Waals surface area contributed by atoms with E-state index in [2.05, 4.69) is 25.2 Å². The lowest BCUT2D eigenvalue weighted by molar-refractivity contribution is -0.129. The standard InChI is InChI=1S/C15H26N2O/c1-5-12-8-9-13(11(12)4)17-14(18)15(6-2,7-3)10-16/h11-13H,5-9H2,1-4H3,(H,17,18). The Morgan fingerprint density at radius 2 is 1.94 bits per heavy atom. The van der Waals surface area contributed by atoms with Crippen LogP contribution in [0.15, 0.2) is 0 Å². The fraction of sp³-hybridized carbons (Fsp3) is 0.867. The van der Waals surface area contributed by atoms with Crippen LogP contribution in [0.1, 0.15) is 59.8 Å². The van der Waals surface area contributed by atoms with Gasteiger partial charge in [-0.25, -0.2) is 0 Å². The Bertz CT molecular complexity index is 328. The van der Waals surface area contributed by atoms with Crippen LogP contribution in [0.25, 0.3) is 0 Å². The highest BCUT2D eigenvalue weighted by atomic mass is 16.2. The second-order valence-electron chi connectivity index (χ2n) is 5.59. The number of nitrogens with one attached hydrogen (secondary N) is 1. The average Bonchev–Trinajstić information content (AvgIpc) is 2.73. The molecule has 3 heteroatoms. The number of carbonyl (C=O) groups is 1. The van der Waals surface area contributed by atoms with E-state index in [0.717, 1.165) is 12.3 Å². The number of rotatable bonds is 5. The predicted octanol–water partition coefficient (Wildman–Crippen LogP) is 3.26. The minimum absolute atomic E-state index is 0.0661. The normalized spacial score (nSPS) is 27.8. The van der Waals surface area contributed by atoms with Gasteiger partial charge in [-0.2, -0.15) is 5.26 Å². The Hall–Kier alpha value is -1.04. The van der Waals surface area contributed by atoms with E-state index in [0.29, 0.717) is 18.8 Å². The molecule has 18 heavy (non-hydrogen) atoms. The smallest absolute Gasteiger partial charge is 0.240 e. The fourth-order valence-corrected chi connectivity index (χ4v) is 3.11. The summed E-state index contributed by atoms with van der Waals surface area (Å²) in [7, 11) is 0. The zero-order chi connectivity index (χ0) is 13.8. The van der Waals surface area contributed by atoms with Crippen molar-refractivity contribution in [2.45, 2.75) is 65.8 Å². The maximum absolute atomic E-state index is 12.3. The van der Waals surface area contributed by atoms with E-state index in [1.165, 1.54) is 12.8 Å². The van der Waals surface area contributed by atoms with E-state index < -0.39 is 5.41 Å². The molecule has 0 aliphatic heterocycles. The minimum atomic E-state index is -0.829. The Kier molecular flexibility index (Phi) is 5.19. The maximum atomic E-state index is 12.3. The number of carbonyl (C=O) groups excluding carboxylic acids is 1. The van der Waals surface area contributed by atoms with Crippen LogP contribution in [-0.4, -0.2) is 11.9 Å². The summed E-state index contributed by atoms with van der Waals surface area (Å²) >= 11 is 0. The van der Waals surface area contributed by atoms with Gasteiger partial charge in [0.1, 0.15) is 5.41 Å². The highest BCUT2D eigenvalue weighted by molar-refractivity contribution is 5.85. The maximum Gasteiger partial charge on any atom is 0.240 e. The molecule has 1 saturated carbocycles. The summed E-state index contributed by atoms with van der Waals surface area (Å²) in [5.41, 5.74) is -0.829. The largest absolute Gasteiger partial charge is 0.352 e. The molecule has 0 aromatic heterocycles. The second kappa shape index (κ2) is 6.22. The third kappa shape index (κ3) is 2.68. The first-order valence-corrected chi connectivity index (χ1v) is 7.26. The Labute approximate surface area is 111 Å². The summed E-state index contributed by atoms with van der Waals surface area (Å²) in [6.07, 6.45) is 4.60. The summed E-state index contributed by atoms with van der Waals surface area (Å²) in [6.45, 7) is 8.26. The van der Waals surface area contributed by atoms with Gasteiger partial charge in [-0.15, -0.1) is 0 Å². The molecule has 1 fully saturated rings. The average molecular weight is 250 g/mol. The molecule has 1 amide bonds. The molecule has 0 radical (unpaired) electrons. The Balaban J connectivity index is 2.69. The summed E-state index contributed by atoms with van der Waals surface area (Å²) in [4.78, 5) is 12.3. The van der Waals surface area contributed by atoms with Crippen molar-refractivity contribution in [2.24, 2.45) is 17.3 Å². The van der Waals surface area contributed by atoms with Gasteiger partial charge in [0, 0.05) is 6.04 Å². The molecule has 3 atom stereocenters. The molecule has 0 aromatic rings. The molecule has 1 rings (SSSR count). The Morgan fingerprint density at radius 3 is 2.33 bits per heavy atom. The number of amides is 1. The third-order valence-corrected chi connectivity index (χ3v) is 4.92. The van der Waals surface area contributed by atoms with Crippen molar-refractivity contribution in [3.05, 3.63) is 0 Å². The van der Waals surface area contributed by atoms with Gasteiger partial charge in [0.25, 0.3) is 0 Å². The lowest BCUT2D eigenvalue weighted by Gasteiger charge is -2.27. The van der Waals surface area contributed by atoms with Crippen LogP contribution in [-0.2, 0) is 4.79 Å². The first-order chi connectivity index (χ1) is 8.54. The number of hydrogen-bond donors (Lipinski definition) is 1. The van der Waals surface area contributed by atoms with Gasteiger partial charge < -0.3 is 5.32 Å². The van der Waals surface area contributed by atoms with Gasteiger partial charge in [-0.05, 0) is 37.5 Å². The highest BCUT2D eigenvalue weighted by Gasteiger charge is 2.39. The van der Waals surface area contributed by atoms with Crippen LogP contribution >= 0.6 is 0 Å². The van der Waals surface area contributed by atoms with Crippen molar-refractivity contribution >= 4 is 5.91 Å². The van der Waals surface area contributed by atoms with Gasteiger partial charge in [-0.3, -0.25) is 4.79 Å². The van der Waals surface area contributed by atoms with Crippen LogP contribution in [0.5, 0.6) is 0 Å². The summed E-state index contributed by atoms with van der Waals surface area (Å²) < 4.78 is 0.